The van der Waals surface area contributed by atoms with Gasteiger partial charge in [-0.2, -0.15) is 13.2 Å². The molecule has 3 aromatic rings. The number of rotatable bonds is 10. The lowest BCUT2D eigenvalue weighted by Crippen LogP contribution is -2.73. The Labute approximate surface area is 484 Å². The summed E-state index contributed by atoms with van der Waals surface area (Å²) >= 11 is 0. The third kappa shape index (κ3) is 11.8. The zero-order chi connectivity index (χ0) is 57.5. The molecule has 7 atom stereocenters. The summed E-state index contributed by atoms with van der Waals surface area (Å²) in [6.45, 7) is 15.0. The number of cyclic esters (lactones) is 1. The molecular weight excluding hydrogens is 1070 g/mol. The highest BCUT2D eigenvalue weighted by atomic mass is 19.4. The number of anilines is 2. The quantitative estimate of drug-likeness (QED) is 0.185. The van der Waals surface area contributed by atoms with Crippen molar-refractivity contribution in [1.82, 2.24) is 45.3 Å². The number of alkyl halides is 3. The van der Waals surface area contributed by atoms with Gasteiger partial charge in [-0.05, 0) is 92.5 Å². The Morgan fingerprint density at radius 1 is 0.892 bits per heavy atom. The molecule has 83 heavy (non-hydrogen) atoms. The maximum atomic E-state index is 15.3. The number of amides is 3. The van der Waals surface area contributed by atoms with Crippen molar-refractivity contribution < 1.29 is 51.3 Å². The fourth-order valence-electron chi connectivity index (χ4n) is 15.2. The summed E-state index contributed by atoms with van der Waals surface area (Å²) < 4.78 is 72.2. The number of nitrogens with zero attached hydrogens (tertiary/aromatic N) is 8. The molecule has 2 aromatic heterocycles. The molecule has 2 aliphatic carbocycles. The second-order valence-corrected chi connectivity index (χ2v) is 26.9. The number of likely N-dealkylation sites (tertiary alicyclic amines) is 1. The van der Waals surface area contributed by atoms with Gasteiger partial charge in [0.2, 0.25) is 11.8 Å². The SMILES string of the molecule is CC(C)c1ncc(N2CCN3CCOC[C@@H]3C2)cc1-c1c2c3cc(ccc3n1CC(F)(F)F)N1CCO[C@@H](C[C@H](NC(=O)[C@H](C3CCCC3)N3CCOC4(CN(C(=O)[C@@H]5N[C@@H]5C5CC5)C4)C3)C(=O)N3CCC[C@H](N3)C(=O)OCC(C)(C)C2)C1. The van der Waals surface area contributed by atoms with E-state index in [4.69, 9.17) is 23.9 Å². The van der Waals surface area contributed by atoms with Crippen LogP contribution in [0.1, 0.15) is 103 Å². The number of ether oxygens (including phenoxy) is 4. The smallest absolute Gasteiger partial charge is 0.406 e. The van der Waals surface area contributed by atoms with Gasteiger partial charge < -0.3 is 43.5 Å². The molecule has 2 saturated carbocycles. The van der Waals surface area contributed by atoms with Gasteiger partial charge in [0.1, 0.15) is 30.3 Å². The van der Waals surface area contributed by atoms with Crippen molar-refractivity contribution in [2.45, 2.75) is 158 Å². The minimum absolute atomic E-state index is 0.0474. The van der Waals surface area contributed by atoms with E-state index in [1.54, 1.807) is 6.07 Å². The second-order valence-electron chi connectivity index (χ2n) is 26.9. The fourth-order valence-corrected chi connectivity index (χ4v) is 15.2. The molecule has 10 aliphatic rings. The van der Waals surface area contributed by atoms with Gasteiger partial charge in [0.05, 0.1) is 87.6 Å². The highest BCUT2D eigenvalue weighted by Crippen LogP contribution is 2.46. The molecule has 452 valence electrons. The molecule has 22 heteroatoms. The first-order valence-electron chi connectivity index (χ1n) is 31.0. The standard InChI is InChI=1S/C61H84F3N11O8/c1-37(2)50-45(25-41(28-65-50)70-17-16-69-18-21-80-31-42(69)29-70)54-46-27-59(3,4)36-82-58(79)47-10-7-15-75(68-47)56(77)48(26-43-30-71(19-22-81-43)40-13-14-49(44(46)24-40)74(54)35-61(62,63)64)66-55(76)53(39-8-5-6-9-39)72-20-23-83-60(32-72)33-73(34-60)57(78)52-51(67-52)38-11-12-38/h13-14,24-25,28,37-39,42-43,47-48,51-53,67-68H,5-12,15-23,26-27,29-36H2,1-4H3,(H,66,76)/t42-,43-,47-,48-,51+,52+,53-/m0/s1. The molecule has 13 rings (SSSR count). The highest BCUT2D eigenvalue weighted by Gasteiger charge is 2.58. The molecular formula is C61H84F3N11O8. The molecule has 19 nitrogen and oxygen atoms in total. The van der Waals surface area contributed by atoms with E-state index in [-0.39, 0.29) is 67.1 Å². The van der Waals surface area contributed by atoms with Crippen molar-refractivity contribution in [3.05, 3.63) is 41.7 Å². The maximum Gasteiger partial charge on any atom is 0.406 e. The zero-order valence-electron chi connectivity index (χ0n) is 48.7. The van der Waals surface area contributed by atoms with E-state index >= 15 is 22.8 Å². The molecule has 0 radical (unpaired) electrons. The van der Waals surface area contributed by atoms with E-state index in [0.29, 0.717) is 131 Å². The number of fused-ring (bicyclic) bond motifs is 7. The van der Waals surface area contributed by atoms with Crippen LogP contribution in [0.15, 0.2) is 30.5 Å². The number of piperazine rings is 1. The molecule has 7 saturated heterocycles. The van der Waals surface area contributed by atoms with Crippen LogP contribution >= 0.6 is 0 Å². The first kappa shape index (κ1) is 57.0. The lowest BCUT2D eigenvalue weighted by atomic mass is 9.84. The van der Waals surface area contributed by atoms with Gasteiger partial charge in [0.15, 0.2) is 0 Å². The van der Waals surface area contributed by atoms with E-state index in [2.05, 4.69) is 35.7 Å². The Morgan fingerprint density at radius 3 is 2.48 bits per heavy atom. The predicted octanol–water partition coefficient (Wildman–Crippen LogP) is 4.83. The van der Waals surface area contributed by atoms with Crippen LogP contribution in [0.25, 0.3) is 22.2 Å². The highest BCUT2D eigenvalue weighted by molar-refractivity contribution is 5.95. The first-order valence-corrected chi connectivity index (χ1v) is 31.0. The normalized spacial score (nSPS) is 29.6. The molecule has 10 heterocycles. The van der Waals surface area contributed by atoms with Gasteiger partial charge in [-0.1, -0.05) is 40.5 Å². The fraction of sp³-hybridized carbons (Fsp3) is 0.721. The van der Waals surface area contributed by atoms with Gasteiger partial charge in [0.25, 0.3) is 5.91 Å². The van der Waals surface area contributed by atoms with Crippen LogP contribution in [0, 0.1) is 17.3 Å². The van der Waals surface area contributed by atoms with Gasteiger partial charge in [0, 0.05) is 98.9 Å². The number of esters is 1. The van der Waals surface area contributed by atoms with E-state index in [0.717, 1.165) is 56.7 Å². The van der Waals surface area contributed by atoms with Crippen LogP contribution < -0.4 is 25.9 Å². The number of hydrogen-bond donors (Lipinski definition) is 3. The predicted molar refractivity (Wildman–Crippen MR) is 305 cm³/mol. The number of hydrazine groups is 1. The number of nitrogens with one attached hydrogen (secondary N) is 3. The van der Waals surface area contributed by atoms with Crippen molar-refractivity contribution in [2.75, 3.05) is 115 Å². The molecule has 1 aromatic carbocycles. The number of aromatic nitrogens is 2. The molecule has 8 aliphatic heterocycles. The lowest BCUT2D eigenvalue weighted by molar-refractivity contribution is -0.197. The van der Waals surface area contributed by atoms with Gasteiger partial charge in [-0.3, -0.25) is 44.3 Å². The number of carbonyl (C=O) groups is 4. The van der Waals surface area contributed by atoms with E-state index in [1.165, 1.54) is 22.4 Å². The van der Waals surface area contributed by atoms with Gasteiger partial charge in [-0.25, -0.2) is 5.43 Å². The minimum Gasteiger partial charge on any atom is -0.464 e. The molecule has 0 unspecified atom stereocenters. The minimum atomic E-state index is -4.58. The van der Waals surface area contributed by atoms with E-state index in [9.17, 15) is 9.59 Å². The van der Waals surface area contributed by atoms with Crippen LogP contribution in [0.2, 0.25) is 0 Å². The Bertz CT molecular complexity index is 2940. The Morgan fingerprint density at radius 2 is 1.70 bits per heavy atom. The monoisotopic (exact) mass is 1160 g/mol. The average Bonchev–Trinajstić information content (AvgIpc) is 3.83. The number of pyridine rings is 1. The van der Waals surface area contributed by atoms with Crippen LogP contribution in [0.3, 0.4) is 0 Å². The third-order valence-electron chi connectivity index (χ3n) is 19.7. The van der Waals surface area contributed by atoms with Crippen molar-refractivity contribution in [3.8, 4) is 11.3 Å². The summed E-state index contributed by atoms with van der Waals surface area (Å²) in [4.78, 5) is 74.3. The number of morpholine rings is 3. The van der Waals surface area contributed by atoms with Gasteiger partial charge >= 0.3 is 12.1 Å². The third-order valence-corrected chi connectivity index (χ3v) is 19.7. The van der Waals surface area contributed by atoms with Crippen LogP contribution in [0.4, 0.5) is 24.5 Å². The summed E-state index contributed by atoms with van der Waals surface area (Å²) in [5.41, 5.74) is 6.39. The molecule has 3 N–H and O–H groups in total. The van der Waals surface area contributed by atoms with Crippen LogP contribution in [-0.4, -0.2) is 212 Å². The van der Waals surface area contributed by atoms with Crippen LogP contribution in [-0.2, 0) is 51.1 Å². The molecule has 1 spiro atoms. The van der Waals surface area contributed by atoms with Crippen molar-refractivity contribution in [2.24, 2.45) is 17.3 Å². The van der Waals surface area contributed by atoms with Gasteiger partial charge in [-0.15, -0.1) is 0 Å². The summed E-state index contributed by atoms with van der Waals surface area (Å²) in [6, 6.07) is 5.64. The number of carbonyl (C=O) groups excluding carboxylic acids is 4. The van der Waals surface area contributed by atoms with E-state index in [1.807, 2.05) is 57.0 Å². The Kier molecular flexibility index (Phi) is 15.5. The van der Waals surface area contributed by atoms with E-state index < -0.39 is 53.9 Å². The van der Waals surface area contributed by atoms with Crippen molar-refractivity contribution >= 4 is 46.0 Å². The molecule has 6 bridgehead atoms. The zero-order valence-corrected chi connectivity index (χ0v) is 48.7. The summed E-state index contributed by atoms with van der Waals surface area (Å²) in [5, 5.41) is 8.82. The number of hydrogen-bond acceptors (Lipinski definition) is 15. The average molecular weight is 1160 g/mol. The largest absolute Gasteiger partial charge is 0.464 e. The first-order chi connectivity index (χ1) is 39.9. The Hall–Kier alpha value is -5.10. The topological polar surface area (TPSA) is 188 Å². The second kappa shape index (κ2) is 22.6. The van der Waals surface area contributed by atoms with Crippen LogP contribution in [0.5, 0.6) is 0 Å². The number of benzene rings is 1. The van der Waals surface area contributed by atoms with Crippen molar-refractivity contribution in [3.63, 3.8) is 0 Å². The Balaban J connectivity index is 0.828. The van der Waals surface area contributed by atoms with Crippen molar-refractivity contribution in [1.29, 1.82) is 0 Å². The number of halogens is 3. The summed E-state index contributed by atoms with van der Waals surface area (Å²) in [6.07, 6.45) is 4.16. The summed E-state index contributed by atoms with van der Waals surface area (Å²) in [7, 11) is 0. The molecule has 9 fully saturated rings. The molecule has 3 amide bonds. The maximum absolute atomic E-state index is 15.3. The lowest BCUT2D eigenvalue weighted by Gasteiger charge is -2.55. The summed E-state index contributed by atoms with van der Waals surface area (Å²) in [5.74, 6) is -0.492.